The quantitative estimate of drug-likeness (QED) is 0.805. The number of rotatable bonds is 3. The molecule has 0 unspecified atom stereocenters. The Morgan fingerprint density at radius 2 is 2.04 bits per heavy atom. The molecule has 0 spiro atoms. The molecule has 24 heavy (non-hydrogen) atoms. The van der Waals surface area contributed by atoms with Crippen molar-refractivity contribution in [2.45, 2.75) is 25.4 Å². The molecule has 1 aliphatic heterocycles. The van der Waals surface area contributed by atoms with E-state index in [0.717, 1.165) is 0 Å². The maximum Gasteiger partial charge on any atom is 0.431 e. The summed E-state index contributed by atoms with van der Waals surface area (Å²) in [7, 11) is 0. The van der Waals surface area contributed by atoms with Gasteiger partial charge in [-0.1, -0.05) is 29.3 Å². The van der Waals surface area contributed by atoms with Gasteiger partial charge in [-0.05, 0) is 24.6 Å². The summed E-state index contributed by atoms with van der Waals surface area (Å²) in [5.41, 5.74) is -1.90. The zero-order valence-corrected chi connectivity index (χ0v) is 13.9. The van der Waals surface area contributed by atoms with Gasteiger partial charge in [0.2, 0.25) is 5.91 Å². The van der Waals surface area contributed by atoms with Crippen LogP contribution >= 0.6 is 23.2 Å². The molecule has 0 bridgehead atoms. The van der Waals surface area contributed by atoms with Crippen LogP contribution in [0.5, 0.6) is 0 Å². The maximum atomic E-state index is 13.3. The highest BCUT2D eigenvalue weighted by atomic mass is 35.5. The molecule has 1 N–H and O–H groups in total. The third kappa shape index (κ3) is 3.84. The highest BCUT2D eigenvalue weighted by Gasteiger charge is 2.46. The van der Waals surface area contributed by atoms with Gasteiger partial charge in [-0.25, -0.2) is 4.79 Å². The van der Waals surface area contributed by atoms with Gasteiger partial charge in [0.25, 0.3) is 0 Å². The molecule has 0 aromatic heterocycles. The average Bonchev–Trinajstić information content (AvgIpc) is 2.45. The Bertz CT molecular complexity index is 716. The van der Waals surface area contributed by atoms with E-state index in [2.05, 4.69) is 0 Å². The molecule has 0 aliphatic carbocycles. The number of halogens is 5. The van der Waals surface area contributed by atoms with E-state index in [9.17, 15) is 22.8 Å². The van der Waals surface area contributed by atoms with Crippen LogP contribution in [-0.4, -0.2) is 24.7 Å². The van der Waals surface area contributed by atoms with Crippen LogP contribution in [0.25, 0.3) is 0 Å². The van der Waals surface area contributed by atoms with E-state index in [1.54, 1.807) is 5.32 Å². The standard InChI is InChI=1S/C15H12Cl2F3NO3/c1-2-24-14(23)12-9(8-4-3-7(16)5-10(8)17)6-11(22)21-13(12)15(18,19)20/h3-5,9H,2,6H2,1H3,(H,21,22)/t9-/m1/s1. The minimum absolute atomic E-state index is 0.0607. The fourth-order valence-corrected chi connectivity index (χ4v) is 2.99. The first-order valence-corrected chi connectivity index (χ1v) is 7.64. The summed E-state index contributed by atoms with van der Waals surface area (Å²) in [6.45, 7) is 1.36. The number of carbonyl (C=O) groups is 2. The third-order valence-electron chi connectivity index (χ3n) is 3.39. The Balaban J connectivity index is 2.66. The number of hydrogen-bond acceptors (Lipinski definition) is 3. The number of amides is 1. The van der Waals surface area contributed by atoms with Gasteiger partial charge < -0.3 is 10.1 Å². The SMILES string of the molecule is CCOC(=O)C1=C(C(F)(F)F)NC(=O)C[C@@H]1c1ccc(Cl)cc1Cl. The minimum atomic E-state index is -4.92. The van der Waals surface area contributed by atoms with E-state index < -0.39 is 35.2 Å². The summed E-state index contributed by atoms with van der Waals surface area (Å²) in [6, 6.07) is 4.15. The molecule has 9 heteroatoms. The van der Waals surface area contributed by atoms with Crippen molar-refractivity contribution < 1.29 is 27.5 Å². The van der Waals surface area contributed by atoms with E-state index in [1.807, 2.05) is 0 Å². The largest absolute Gasteiger partial charge is 0.463 e. The van der Waals surface area contributed by atoms with Gasteiger partial charge in [0.15, 0.2) is 0 Å². The molecular weight excluding hydrogens is 370 g/mol. The zero-order valence-electron chi connectivity index (χ0n) is 12.3. The molecule has 0 radical (unpaired) electrons. The molecule has 1 amide bonds. The zero-order chi connectivity index (χ0) is 18.1. The highest BCUT2D eigenvalue weighted by molar-refractivity contribution is 6.35. The first kappa shape index (κ1) is 18.6. The number of nitrogens with one attached hydrogen (secondary N) is 1. The monoisotopic (exact) mass is 381 g/mol. The third-order valence-corrected chi connectivity index (χ3v) is 3.95. The number of ether oxygens (including phenoxy) is 1. The highest BCUT2D eigenvalue weighted by Crippen LogP contribution is 2.41. The lowest BCUT2D eigenvalue weighted by atomic mass is 9.84. The average molecular weight is 382 g/mol. The Morgan fingerprint density at radius 1 is 1.38 bits per heavy atom. The predicted molar refractivity (Wildman–Crippen MR) is 81.7 cm³/mol. The van der Waals surface area contributed by atoms with Crippen molar-refractivity contribution in [1.29, 1.82) is 0 Å². The Hall–Kier alpha value is -1.73. The second-order valence-corrected chi connectivity index (χ2v) is 5.82. The predicted octanol–water partition coefficient (Wildman–Crippen LogP) is 3.98. The fourth-order valence-electron chi connectivity index (χ4n) is 2.45. The van der Waals surface area contributed by atoms with Crippen molar-refractivity contribution in [2.24, 2.45) is 0 Å². The second-order valence-electron chi connectivity index (χ2n) is 4.98. The van der Waals surface area contributed by atoms with Crippen molar-refractivity contribution in [1.82, 2.24) is 5.32 Å². The van der Waals surface area contributed by atoms with Gasteiger partial charge >= 0.3 is 12.1 Å². The van der Waals surface area contributed by atoms with Crippen LogP contribution in [-0.2, 0) is 14.3 Å². The Morgan fingerprint density at radius 3 is 2.58 bits per heavy atom. The summed E-state index contributed by atoms with van der Waals surface area (Å²) in [5.74, 6) is -3.20. The summed E-state index contributed by atoms with van der Waals surface area (Å²) in [4.78, 5) is 23.9. The Kier molecular flexibility index (Phi) is 5.45. The van der Waals surface area contributed by atoms with Crippen LogP contribution in [0.15, 0.2) is 29.5 Å². The van der Waals surface area contributed by atoms with Crippen LogP contribution in [0.1, 0.15) is 24.8 Å². The van der Waals surface area contributed by atoms with Gasteiger partial charge in [0, 0.05) is 22.4 Å². The van der Waals surface area contributed by atoms with Crippen molar-refractivity contribution in [2.75, 3.05) is 6.61 Å². The summed E-state index contributed by atoms with van der Waals surface area (Å²) < 4.78 is 44.6. The number of carbonyl (C=O) groups excluding carboxylic acids is 2. The molecule has 2 rings (SSSR count). The Labute approximate surface area is 145 Å². The molecular formula is C15H12Cl2F3NO3. The van der Waals surface area contributed by atoms with Crippen LogP contribution in [0.3, 0.4) is 0 Å². The summed E-state index contributed by atoms with van der Waals surface area (Å²) >= 11 is 11.8. The smallest absolute Gasteiger partial charge is 0.431 e. The molecule has 1 heterocycles. The molecule has 4 nitrogen and oxygen atoms in total. The van der Waals surface area contributed by atoms with Gasteiger partial charge in [-0.3, -0.25) is 4.79 Å². The van der Waals surface area contributed by atoms with Gasteiger partial charge in [-0.15, -0.1) is 0 Å². The van der Waals surface area contributed by atoms with Crippen LogP contribution < -0.4 is 5.32 Å². The molecule has 1 atom stereocenters. The van der Waals surface area contributed by atoms with Crippen LogP contribution in [0, 0.1) is 0 Å². The first-order chi connectivity index (χ1) is 11.1. The van der Waals surface area contributed by atoms with E-state index in [0.29, 0.717) is 0 Å². The molecule has 0 saturated carbocycles. The van der Waals surface area contributed by atoms with E-state index >= 15 is 0 Å². The molecule has 0 fully saturated rings. The number of hydrogen-bond donors (Lipinski definition) is 1. The van der Waals surface area contributed by atoms with Crippen LogP contribution in [0.4, 0.5) is 13.2 Å². The first-order valence-electron chi connectivity index (χ1n) is 6.88. The number of alkyl halides is 3. The lowest BCUT2D eigenvalue weighted by Crippen LogP contribution is -2.41. The fraction of sp³-hybridized carbons (Fsp3) is 0.333. The molecule has 130 valence electrons. The summed E-state index contributed by atoms with van der Waals surface area (Å²) in [5, 5.41) is 2.06. The lowest BCUT2D eigenvalue weighted by molar-refractivity contribution is -0.142. The van der Waals surface area contributed by atoms with E-state index in [1.165, 1.54) is 25.1 Å². The number of esters is 1. The molecule has 1 aliphatic rings. The lowest BCUT2D eigenvalue weighted by Gasteiger charge is -2.29. The van der Waals surface area contributed by atoms with Gasteiger partial charge in [0.05, 0.1) is 12.2 Å². The minimum Gasteiger partial charge on any atom is -0.463 e. The van der Waals surface area contributed by atoms with Crippen molar-refractivity contribution >= 4 is 35.1 Å². The number of allylic oxidation sites excluding steroid dienone is 1. The maximum absolute atomic E-state index is 13.3. The van der Waals surface area contributed by atoms with E-state index in [-0.39, 0.29) is 28.6 Å². The molecule has 0 saturated heterocycles. The number of benzene rings is 1. The van der Waals surface area contributed by atoms with Crippen molar-refractivity contribution in [3.63, 3.8) is 0 Å². The second kappa shape index (κ2) is 7.03. The molecule has 1 aromatic carbocycles. The summed E-state index contributed by atoms with van der Waals surface area (Å²) in [6.07, 6.45) is -5.29. The van der Waals surface area contributed by atoms with Gasteiger partial charge in [0.1, 0.15) is 5.70 Å². The van der Waals surface area contributed by atoms with Gasteiger partial charge in [-0.2, -0.15) is 13.2 Å². The molecule has 1 aromatic rings. The van der Waals surface area contributed by atoms with Crippen molar-refractivity contribution in [3.05, 3.63) is 45.1 Å². The normalized spacial score (nSPS) is 18.4. The van der Waals surface area contributed by atoms with E-state index in [4.69, 9.17) is 27.9 Å². The van der Waals surface area contributed by atoms with Crippen LogP contribution in [0.2, 0.25) is 10.0 Å². The topological polar surface area (TPSA) is 55.4 Å². The van der Waals surface area contributed by atoms with Crippen molar-refractivity contribution in [3.8, 4) is 0 Å².